The van der Waals surface area contributed by atoms with Gasteiger partial charge in [0.1, 0.15) is 5.75 Å². The number of nitrogens with one attached hydrogen (secondary N) is 1. The summed E-state index contributed by atoms with van der Waals surface area (Å²) in [5.41, 5.74) is 0.745. The number of fused-ring (bicyclic) bond motifs is 1. The summed E-state index contributed by atoms with van der Waals surface area (Å²) in [6.45, 7) is 1.94. The number of carbonyl (C=O) groups excluding carboxylic acids is 1. The van der Waals surface area contributed by atoms with E-state index in [-0.39, 0.29) is 5.91 Å². The average Bonchev–Trinajstić information content (AvgIpc) is 2.59. The van der Waals surface area contributed by atoms with Crippen molar-refractivity contribution in [1.29, 1.82) is 0 Å². The third kappa shape index (κ3) is 3.95. The lowest BCUT2D eigenvalue weighted by Gasteiger charge is -2.17. The number of amides is 1. The van der Waals surface area contributed by atoms with E-state index in [4.69, 9.17) is 4.74 Å². The molecule has 0 unspecified atom stereocenters. The average molecular weight is 384 g/mol. The Morgan fingerprint density at radius 2 is 1.83 bits per heavy atom. The molecule has 0 aromatic heterocycles. The van der Waals surface area contributed by atoms with Crippen LogP contribution in [0.15, 0.2) is 71.2 Å². The van der Waals surface area contributed by atoms with Crippen molar-refractivity contribution in [3.8, 4) is 5.75 Å². The van der Waals surface area contributed by atoms with Crippen LogP contribution in [0.5, 0.6) is 5.75 Å². The fourth-order valence-electron chi connectivity index (χ4n) is 2.52. The summed E-state index contributed by atoms with van der Waals surface area (Å²) in [5, 5.41) is 5.14. The maximum atomic E-state index is 12.5. The number of anilines is 1. The standard InChI is InChI=1S/C20H18BrNO2/c1-2-19(20(23)22-17-9-5-8-16(21)13-17)24-18-11-10-14-6-3-4-7-15(14)12-18/h3-13,19H,2H2,1H3,(H,22,23)/t19-/m0/s1. The molecule has 0 spiro atoms. The lowest BCUT2D eigenvalue weighted by Crippen LogP contribution is -2.32. The van der Waals surface area contributed by atoms with E-state index >= 15 is 0 Å². The summed E-state index contributed by atoms with van der Waals surface area (Å²) in [6.07, 6.45) is 0.0530. The van der Waals surface area contributed by atoms with Crippen molar-refractivity contribution in [3.05, 3.63) is 71.2 Å². The topological polar surface area (TPSA) is 38.3 Å². The number of benzene rings is 3. The van der Waals surface area contributed by atoms with E-state index in [1.807, 2.05) is 67.6 Å². The van der Waals surface area contributed by atoms with Crippen molar-refractivity contribution in [3.63, 3.8) is 0 Å². The van der Waals surface area contributed by atoms with Gasteiger partial charge >= 0.3 is 0 Å². The van der Waals surface area contributed by atoms with Crippen molar-refractivity contribution in [2.75, 3.05) is 5.32 Å². The molecule has 3 aromatic carbocycles. The Hall–Kier alpha value is -2.33. The summed E-state index contributed by atoms with van der Waals surface area (Å²) in [4.78, 5) is 12.5. The molecular formula is C20H18BrNO2. The van der Waals surface area contributed by atoms with Crippen molar-refractivity contribution < 1.29 is 9.53 Å². The van der Waals surface area contributed by atoms with Gasteiger partial charge in [-0.05, 0) is 47.5 Å². The molecule has 3 aromatic rings. The second-order valence-electron chi connectivity index (χ2n) is 5.52. The van der Waals surface area contributed by atoms with Crippen LogP contribution in [0.25, 0.3) is 10.8 Å². The van der Waals surface area contributed by atoms with Crippen LogP contribution in [-0.2, 0) is 4.79 Å². The third-order valence-corrected chi connectivity index (χ3v) is 4.25. The third-order valence-electron chi connectivity index (χ3n) is 3.75. The van der Waals surface area contributed by atoms with Crippen LogP contribution in [0.4, 0.5) is 5.69 Å². The lowest BCUT2D eigenvalue weighted by atomic mass is 10.1. The maximum Gasteiger partial charge on any atom is 0.265 e. The molecule has 0 saturated carbocycles. The van der Waals surface area contributed by atoms with Gasteiger partial charge in [0.2, 0.25) is 0 Å². The summed E-state index contributed by atoms with van der Waals surface area (Å²) >= 11 is 3.40. The number of carbonyl (C=O) groups is 1. The van der Waals surface area contributed by atoms with E-state index in [1.54, 1.807) is 0 Å². The minimum Gasteiger partial charge on any atom is -0.481 e. The van der Waals surface area contributed by atoms with Crippen molar-refractivity contribution in [1.82, 2.24) is 0 Å². The fraction of sp³-hybridized carbons (Fsp3) is 0.150. The molecule has 0 aliphatic rings. The van der Waals surface area contributed by atoms with Crippen LogP contribution < -0.4 is 10.1 Å². The predicted octanol–water partition coefficient (Wildman–Crippen LogP) is 5.40. The molecule has 122 valence electrons. The Balaban J connectivity index is 1.74. The highest BCUT2D eigenvalue weighted by Gasteiger charge is 2.18. The number of hydrogen-bond acceptors (Lipinski definition) is 2. The van der Waals surface area contributed by atoms with Crippen LogP contribution in [0.2, 0.25) is 0 Å². The highest BCUT2D eigenvalue weighted by Crippen LogP contribution is 2.22. The minimum absolute atomic E-state index is 0.149. The molecule has 24 heavy (non-hydrogen) atoms. The molecule has 3 rings (SSSR count). The summed E-state index contributed by atoms with van der Waals surface area (Å²) in [5.74, 6) is 0.550. The van der Waals surface area contributed by atoms with Gasteiger partial charge in [-0.3, -0.25) is 4.79 Å². The zero-order valence-electron chi connectivity index (χ0n) is 13.3. The zero-order valence-corrected chi connectivity index (χ0v) is 14.9. The SMILES string of the molecule is CC[C@H](Oc1ccc2ccccc2c1)C(=O)Nc1cccc(Br)c1. The Labute approximate surface area is 149 Å². The highest BCUT2D eigenvalue weighted by atomic mass is 79.9. The molecule has 1 amide bonds. The number of rotatable bonds is 5. The maximum absolute atomic E-state index is 12.5. The first-order valence-electron chi connectivity index (χ1n) is 7.87. The van der Waals surface area contributed by atoms with E-state index in [1.165, 1.54) is 0 Å². The van der Waals surface area contributed by atoms with Crippen LogP contribution >= 0.6 is 15.9 Å². The summed E-state index contributed by atoms with van der Waals surface area (Å²) in [7, 11) is 0. The summed E-state index contributed by atoms with van der Waals surface area (Å²) < 4.78 is 6.83. The van der Waals surface area contributed by atoms with E-state index in [0.29, 0.717) is 12.2 Å². The zero-order chi connectivity index (χ0) is 16.9. The fourth-order valence-corrected chi connectivity index (χ4v) is 2.92. The van der Waals surface area contributed by atoms with Crippen molar-refractivity contribution in [2.45, 2.75) is 19.4 Å². The Morgan fingerprint density at radius 1 is 1.04 bits per heavy atom. The van der Waals surface area contributed by atoms with Gasteiger partial charge in [0, 0.05) is 10.2 Å². The normalized spacial score (nSPS) is 11.9. The van der Waals surface area contributed by atoms with E-state index < -0.39 is 6.10 Å². The van der Waals surface area contributed by atoms with Crippen LogP contribution in [0.3, 0.4) is 0 Å². The lowest BCUT2D eigenvalue weighted by molar-refractivity contribution is -0.122. The van der Waals surface area contributed by atoms with Gasteiger partial charge in [0.25, 0.3) is 5.91 Å². The molecule has 0 aliphatic carbocycles. The van der Waals surface area contributed by atoms with Gasteiger partial charge in [-0.25, -0.2) is 0 Å². The van der Waals surface area contributed by atoms with Gasteiger partial charge in [0.05, 0.1) is 0 Å². The van der Waals surface area contributed by atoms with Gasteiger partial charge in [-0.15, -0.1) is 0 Å². The molecule has 3 nitrogen and oxygen atoms in total. The molecule has 0 radical (unpaired) electrons. The Kier molecular flexibility index (Phi) is 5.16. The molecule has 0 fully saturated rings. The van der Waals surface area contributed by atoms with Crippen LogP contribution in [0.1, 0.15) is 13.3 Å². The summed E-state index contributed by atoms with van der Waals surface area (Å²) in [6, 6.07) is 21.5. The van der Waals surface area contributed by atoms with Crippen LogP contribution in [0, 0.1) is 0 Å². The van der Waals surface area contributed by atoms with Crippen molar-refractivity contribution >= 4 is 38.3 Å². The number of ether oxygens (including phenoxy) is 1. The number of hydrogen-bond donors (Lipinski definition) is 1. The van der Waals surface area contributed by atoms with E-state index in [2.05, 4.69) is 27.3 Å². The first-order valence-corrected chi connectivity index (χ1v) is 8.67. The van der Waals surface area contributed by atoms with Crippen LogP contribution in [-0.4, -0.2) is 12.0 Å². The van der Waals surface area contributed by atoms with Gasteiger partial charge in [0.15, 0.2) is 6.10 Å². The highest BCUT2D eigenvalue weighted by molar-refractivity contribution is 9.10. The first-order chi connectivity index (χ1) is 11.7. The first kappa shape index (κ1) is 16.5. The Morgan fingerprint density at radius 3 is 2.58 bits per heavy atom. The van der Waals surface area contributed by atoms with Crippen molar-refractivity contribution in [2.24, 2.45) is 0 Å². The quantitative estimate of drug-likeness (QED) is 0.640. The van der Waals surface area contributed by atoms with Gasteiger partial charge < -0.3 is 10.1 Å². The predicted molar refractivity (Wildman–Crippen MR) is 101 cm³/mol. The molecular weight excluding hydrogens is 366 g/mol. The molecule has 1 N–H and O–H groups in total. The van der Waals surface area contributed by atoms with Gasteiger partial charge in [-0.1, -0.05) is 59.3 Å². The van der Waals surface area contributed by atoms with E-state index in [0.717, 1.165) is 20.9 Å². The smallest absolute Gasteiger partial charge is 0.265 e. The molecule has 0 saturated heterocycles. The molecule has 0 aliphatic heterocycles. The molecule has 0 heterocycles. The molecule has 4 heteroatoms. The monoisotopic (exact) mass is 383 g/mol. The largest absolute Gasteiger partial charge is 0.481 e. The number of halogens is 1. The molecule has 1 atom stereocenters. The van der Waals surface area contributed by atoms with Gasteiger partial charge in [-0.2, -0.15) is 0 Å². The van der Waals surface area contributed by atoms with E-state index in [9.17, 15) is 4.79 Å². The second-order valence-corrected chi connectivity index (χ2v) is 6.44. The second kappa shape index (κ2) is 7.49. The Bertz CT molecular complexity index is 863. The molecule has 0 bridgehead atoms. The minimum atomic E-state index is -0.537.